The quantitative estimate of drug-likeness (QED) is 0.242. The molecule has 0 amide bonds. The zero-order valence-corrected chi connectivity index (χ0v) is 14.5. The van der Waals surface area contributed by atoms with E-state index in [0.29, 0.717) is 0 Å². The van der Waals surface area contributed by atoms with Crippen molar-refractivity contribution in [1.29, 1.82) is 0 Å². The highest BCUT2D eigenvalue weighted by atomic mass is 32.3. The molecule has 0 radical (unpaired) electrons. The number of rotatable bonds is 11. The van der Waals surface area contributed by atoms with Crippen LogP contribution in [0.5, 0.6) is 0 Å². The summed E-state index contributed by atoms with van der Waals surface area (Å²) < 4.78 is 39.0. The summed E-state index contributed by atoms with van der Waals surface area (Å²) >= 11 is 0. The van der Waals surface area contributed by atoms with Crippen LogP contribution in [0.3, 0.4) is 0 Å². The Labute approximate surface area is 153 Å². The van der Waals surface area contributed by atoms with Gasteiger partial charge in [-0.05, 0) is 11.6 Å². The molecule has 1 rings (SSSR count). The SMILES string of the molecule is O=C(O)c1ccc(C(CO)OCCO)c(C(=O)O)c1C(O)COS(=O)(=O)O. The van der Waals surface area contributed by atoms with E-state index in [2.05, 4.69) is 4.18 Å². The van der Waals surface area contributed by atoms with Crippen molar-refractivity contribution in [3.63, 3.8) is 0 Å². The molecule has 0 aromatic heterocycles. The topological polar surface area (TPSA) is 208 Å². The first-order valence-electron chi connectivity index (χ1n) is 7.30. The number of hydrogen-bond donors (Lipinski definition) is 6. The number of carbonyl (C=O) groups is 2. The van der Waals surface area contributed by atoms with Gasteiger partial charge in [0, 0.05) is 5.56 Å². The number of carboxylic acid groups (broad SMARTS) is 2. The van der Waals surface area contributed by atoms with Gasteiger partial charge in [0.15, 0.2) is 0 Å². The van der Waals surface area contributed by atoms with Crippen LogP contribution in [0, 0.1) is 0 Å². The number of benzene rings is 1. The van der Waals surface area contributed by atoms with E-state index in [4.69, 9.17) is 14.4 Å². The van der Waals surface area contributed by atoms with Crippen LogP contribution in [0.15, 0.2) is 12.1 Å². The molecule has 0 spiro atoms. The third-order valence-corrected chi connectivity index (χ3v) is 3.79. The summed E-state index contributed by atoms with van der Waals surface area (Å²) in [6.45, 7) is -2.60. The number of aliphatic hydroxyl groups is 3. The van der Waals surface area contributed by atoms with Crippen LogP contribution in [-0.4, -0.2) is 76.9 Å². The largest absolute Gasteiger partial charge is 0.478 e. The normalized spacial score (nSPS) is 13.9. The van der Waals surface area contributed by atoms with Gasteiger partial charge in [0.1, 0.15) is 12.2 Å². The average molecular weight is 410 g/mol. The second-order valence-corrected chi connectivity index (χ2v) is 6.19. The maximum absolute atomic E-state index is 11.7. The fourth-order valence-electron chi connectivity index (χ4n) is 2.35. The van der Waals surface area contributed by atoms with E-state index in [1.807, 2.05) is 0 Å². The number of ether oxygens (including phenoxy) is 1. The van der Waals surface area contributed by atoms with Gasteiger partial charge in [0.05, 0.1) is 37.6 Å². The molecule has 6 N–H and O–H groups in total. The smallest absolute Gasteiger partial charge is 0.397 e. The first-order valence-corrected chi connectivity index (χ1v) is 8.66. The molecule has 1 aromatic carbocycles. The molecule has 12 nitrogen and oxygen atoms in total. The number of aliphatic hydroxyl groups excluding tert-OH is 3. The Hall–Kier alpha value is -2.13. The lowest BCUT2D eigenvalue weighted by molar-refractivity contribution is -0.00562. The van der Waals surface area contributed by atoms with Crippen molar-refractivity contribution in [1.82, 2.24) is 0 Å². The van der Waals surface area contributed by atoms with Gasteiger partial charge in [0.2, 0.25) is 0 Å². The molecule has 0 aliphatic heterocycles. The van der Waals surface area contributed by atoms with E-state index in [1.165, 1.54) is 0 Å². The molecule has 2 atom stereocenters. The van der Waals surface area contributed by atoms with Crippen molar-refractivity contribution in [2.24, 2.45) is 0 Å². The van der Waals surface area contributed by atoms with Gasteiger partial charge in [-0.2, -0.15) is 8.42 Å². The fourth-order valence-corrected chi connectivity index (χ4v) is 2.65. The maximum atomic E-state index is 11.7. The standard InChI is InChI=1S/C14H18O12S/c15-3-4-25-10(5-16)7-1-2-8(13(18)19)11(12(7)14(20)21)9(17)6-26-27(22,23)24/h1-2,9-10,15-17H,3-6H2,(H,18,19)(H,20,21)(H,22,23,24). The highest BCUT2D eigenvalue weighted by molar-refractivity contribution is 7.80. The molecule has 27 heavy (non-hydrogen) atoms. The minimum absolute atomic E-state index is 0.218. The minimum Gasteiger partial charge on any atom is -0.478 e. The summed E-state index contributed by atoms with van der Waals surface area (Å²) in [5.41, 5.74) is -2.34. The minimum atomic E-state index is -4.98. The second-order valence-electron chi connectivity index (χ2n) is 5.09. The first-order chi connectivity index (χ1) is 12.5. The van der Waals surface area contributed by atoms with Crippen molar-refractivity contribution >= 4 is 22.3 Å². The highest BCUT2D eigenvalue weighted by Crippen LogP contribution is 2.31. The van der Waals surface area contributed by atoms with Crippen molar-refractivity contribution in [3.05, 3.63) is 34.4 Å². The van der Waals surface area contributed by atoms with Crippen molar-refractivity contribution < 1.29 is 57.0 Å². The van der Waals surface area contributed by atoms with Crippen molar-refractivity contribution in [3.8, 4) is 0 Å². The van der Waals surface area contributed by atoms with E-state index < -0.39 is 71.1 Å². The van der Waals surface area contributed by atoms with E-state index in [0.717, 1.165) is 12.1 Å². The summed E-state index contributed by atoms with van der Waals surface area (Å²) in [7, 11) is -4.98. The molecular weight excluding hydrogens is 392 g/mol. The van der Waals surface area contributed by atoms with E-state index in [-0.39, 0.29) is 12.2 Å². The highest BCUT2D eigenvalue weighted by Gasteiger charge is 2.30. The molecule has 2 unspecified atom stereocenters. The monoisotopic (exact) mass is 410 g/mol. The number of carboxylic acids is 2. The predicted octanol–water partition coefficient (Wildman–Crippen LogP) is -1.02. The van der Waals surface area contributed by atoms with Crippen LogP contribution < -0.4 is 0 Å². The number of hydrogen-bond acceptors (Lipinski definition) is 9. The summed E-state index contributed by atoms with van der Waals surface area (Å²) in [6.07, 6.45) is -3.35. The third-order valence-electron chi connectivity index (χ3n) is 3.35. The maximum Gasteiger partial charge on any atom is 0.397 e. The lowest BCUT2D eigenvalue weighted by Crippen LogP contribution is -2.23. The molecule has 0 aliphatic rings. The molecule has 13 heteroatoms. The van der Waals surface area contributed by atoms with Crippen LogP contribution in [0.4, 0.5) is 0 Å². The van der Waals surface area contributed by atoms with Crippen LogP contribution >= 0.6 is 0 Å². The third kappa shape index (κ3) is 6.21. The summed E-state index contributed by atoms with van der Waals surface area (Å²) in [6, 6.07) is 1.98. The van der Waals surface area contributed by atoms with Crippen molar-refractivity contribution in [2.45, 2.75) is 12.2 Å². The predicted molar refractivity (Wildman–Crippen MR) is 85.7 cm³/mol. The zero-order valence-electron chi connectivity index (χ0n) is 13.7. The zero-order chi connectivity index (χ0) is 20.8. The first kappa shape index (κ1) is 22.9. The molecule has 0 fully saturated rings. The van der Waals surface area contributed by atoms with Gasteiger partial charge in [-0.15, -0.1) is 0 Å². The van der Waals surface area contributed by atoms with Crippen molar-refractivity contribution in [2.75, 3.05) is 26.4 Å². The summed E-state index contributed by atoms with van der Waals surface area (Å²) in [5.74, 6) is -3.32. The lowest BCUT2D eigenvalue weighted by Gasteiger charge is -2.22. The fraction of sp³-hybridized carbons (Fsp3) is 0.429. The van der Waals surface area contributed by atoms with Crippen LogP contribution in [0.25, 0.3) is 0 Å². The Morgan fingerprint density at radius 2 is 1.74 bits per heavy atom. The lowest BCUT2D eigenvalue weighted by atomic mass is 9.90. The molecule has 0 saturated heterocycles. The Morgan fingerprint density at radius 1 is 1.11 bits per heavy atom. The molecule has 0 aliphatic carbocycles. The van der Waals surface area contributed by atoms with E-state index in [9.17, 15) is 38.4 Å². The van der Waals surface area contributed by atoms with Gasteiger partial charge in [-0.3, -0.25) is 4.55 Å². The van der Waals surface area contributed by atoms with Crippen LogP contribution in [0.1, 0.15) is 44.1 Å². The molecule has 1 aromatic rings. The Bertz CT molecular complexity index is 788. The molecule has 0 heterocycles. The Morgan fingerprint density at radius 3 is 2.19 bits per heavy atom. The van der Waals surface area contributed by atoms with Gasteiger partial charge < -0.3 is 30.3 Å². The molecule has 0 bridgehead atoms. The summed E-state index contributed by atoms with van der Waals surface area (Å²) in [4.78, 5) is 23.1. The average Bonchev–Trinajstić information content (AvgIpc) is 2.58. The number of aromatic carboxylic acids is 2. The molecular formula is C14H18O12S. The van der Waals surface area contributed by atoms with Gasteiger partial charge in [-0.1, -0.05) is 6.07 Å². The Kier molecular flexibility index (Phi) is 8.23. The summed E-state index contributed by atoms with van der Waals surface area (Å²) in [5, 5.41) is 47.1. The molecule has 152 valence electrons. The van der Waals surface area contributed by atoms with Crippen LogP contribution in [-0.2, 0) is 19.3 Å². The van der Waals surface area contributed by atoms with Gasteiger partial charge >= 0.3 is 22.3 Å². The van der Waals surface area contributed by atoms with Gasteiger partial charge in [0.25, 0.3) is 0 Å². The Balaban J connectivity index is 3.57. The molecule has 0 saturated carbocycles. The van der Waals surface area contributed by atoms with E-state index in [1.54, 1.807) is 0 Å². The van der Waals surface area contributed by atoms with E-state index >= 15 is 0 Å². The van der Waals surface area contributed by atoms with Gasteiger partial charge in [-0.25, -0.2) is 13.8 Å². The second kappa shape index (κ2) is 9.70. The van der Waals surface area contributed by atoms with Crippen LogP contribution in [0.2, 0.25) is 0 Å².